The van der Waals surface area contributed by atoms with Crippen LogP contribution in [-0.4, -0.2) is 41.3 Å². The van der Waals surface area contributed by atoms with Crippen molar-refractivity contribution in [1.82, 2.24) is 15.3 Å². The van der Waals surface area contributed by atoms with Crippen LogP contribution in [0.25, 0.3) is 11.1 Å². The molecule has 1 aliphatic rings. The number of hydrogen-bond donors (Lipinski definition) is 3. The molecule has 21 heavy (non-hydrogen) atoms. The van der Waals surface area contributed by atoms with Crippen LogP contribution in [0.4, 0.5) is 5.95 Å². The lowest BCUT2D eigenvalue weighted by Crippen LogP contribution is -2.44. The number of aromatic nitrogens is 2. The molecule has 2 aromatic rings. The Kier molecular flexibility index (Phi) is 3.81. The molecule has 0 bridgehead atoms. The standard InChI is InChI=1S/C14H15ClN4O2/c15-10-4-2-1-3-9(10)11-12(20)17-14(18-13(11)21)19-7-5-16-6-8-19/h1-4,16H,5-8H2,(H2,17,18,20,21). The smallest absolute Gasteiger partial charge is 0.264 e. The van der Waals surface area contributed by atoms with E-state index in [9.17, 15) is 9.90 Å². The topological polar surface area (TPSA) is 81.2 Å². The zero-order valence-corrected chi connectivity index (χ0v) is 12.0. The summed E-state index contributed by atoms with van der Waals surface area (Å²) in [6.45, 7) is 3.09. The highest BCUT2D eigenvalue weighted by molar-refractivity contribution is 6.33. The Morgan fingerprint density at radius 2 is 1.95 bits per heavy atom. The number of anilines is 1. The molecule has 7 heteroatoms. The number of rotatable bonds is 2. The summed E-state index contributed by atoms with van der Waals surface area (Å²) in [7, 11) is 0. The van der Waals surface area contributed by atoms with Gasteiger partial charge in [0.25, 0.3) is 5.56 Å². The van der Waals surface area contributed by atoms with Gasteiger partial charge in [0, 0.05) is 36.8 Å². The summed E-state index contributed by atoms with van der Waals surface area (Å²) in [6, 6.07) is 6.86. The summed E-state index contributed by atoms with van der Waals surface area (Å²) in [6.07, 6.45) is 0. The van der Waals surface area contributed by atoms with Crippen molar-refractivity contribution < 1.29 is 5.11 Å². The van der Waals surface area contributed by atoms with E-state index in [1.54, 1.807) is 24.3 Å². The van der Waals surface area contributed by atoms with Crippen molar-refractivity contribution in [1.29, 1.82) is 0 Å². The molecule has 0 aliphatic carbocycles. The zero-order valence-electron chi connectivity index (χ0n) is 11.3. The van der Waals surface area contributed by atoms with E-state index in [1.165, 1.54) is 0 Å². The molecule has 1 aromatic carbocycles. The lowest BCUT2D eigenvalue weighted by molar-refractivity contribution is 0.451. The highest BCUT2D eigenvalue weighted by Crippen LogP contribution is 2.30. The Hall–Kier alpha value is -2.05. The maximum absolute atomic E-state index is 12.3. The Labute approximate surface area is 126 Å². The summed E-state index contributed by atoms with van der Waals surface area (Å²) in [5.41, 5.74) is 0.167. The predicted octanol–water partition coefficient (Wildman–Crippen LogP) is 1.21. The second-order valence-corrected chi connectivity index (χ2v) is 5.21. The molecule has 0 atom stereocenters. The summed E-state index contributed by atoms with van der Waals surface area (Å²) < 4.78 is 0. The van der Waals surface area contributed by atoms with Crippen molar-refractivity contribution in [2.75, 3.05) is 31.1 Å². The van der Waals surface area contributed by atoms with Crippen molar-refractivity contribution in [3.05, 3.63) is 39.6 Å². The number of aromatic amines is 1. The van der Waals surface area contributed by atoms with Crippen LogP contribution in [0.3, 0.4) is 0 Å². The predicted molar refractivity (Wildman–Crippen MR) is 82.1 cm³/mol. The second kappa shape index (κ2) is 5.75. The van der Waals surface area contributed by atoms with Crippen molar-refractivity contribution in [3.63, 3.8) is 0 Å². The highest BCUT2D eigenvalue weighted by atomic mass is 35.5. The number of halogens is 1. The third-order valence-corrected chi connectivity index (χ3v) is 3.78. The van der Waals surface area contributed by atoms with Crippen molar-refractivity contribution in [3.8, 4) is 17.0 Å². The lowest BCUT2D eigenvalue weighted by atomic mass is 10.1. The molecule has 110 valence electrons. The molecule has 1 fully saturated rings. The Morgan fingerprint density at radius 1 is 1.24 bits per heavy atom. The van der Waals surface area contributed by atoms with E-state index >= 15 is 0 Å². The fraction of sp³-hybridized carbons (Fsp3) is 0.286. The number of nitrogens with zero attached hydrogens (tertiary/aromatic N) is 2. The SMILES string of the molecule is O=c1[nH]c(N2CCNCC2)nc(O)c1-c1ccccc1Cl. The maximum atomic E-state index is 12.3. The molecule has 0 saturated carbocycles. The molecule has 0 spiro atoms. The van der Waals surface area contributed by atoms with Gasteiger partial charge in [-0.1, -0.05) is 29.8 Å². The van der Waals surface area contributed by atoms with Gasteiger partial charge in [-0.25, -0.2) is 0 Å². The molecule has 0 amide bonds. The van der Waals surface area contributed by atoms with Gasteiger partial charge in [-0.2, -0.15) is 4.98 Å². The van der Waals surface area contributed by atoms with Gasteiger partial charge in [0.15, 0.2) is 0 Å². The van der Waals surface area contributed by atoms with Gasteiger partial charge >= 0.3 is 0 Å². The van der Waals surface area contributed by atoms with Crippen LogP contribution in [0.5, 0.6) is 5.88 Å². The summed E-state index contributed by atoms with van der Waals surface area (Å²) in [4.78, 5) is 21.1. The molecule has 3 rings (SSSR count). The Balaban J connectivity index is 2.05. The first kappa shape index (κ1) is 13.9. The van der Waals surface area contributed by atoms with Crippen LogP contribution in [0, 0.1) is 0 Å². The van der Waals surface area contributed by atoms with Crippen molar-refractivity contribution in [2.45, 2.75) is 0 Å². The molecule has 0 unspecified atom stereocenters. The van der Waals surface area contributed by atoms with Gasteiger partial charge in [-0.3, -0.25) is 9.78 Å². The highest BCUT2D eigenvalue weighted by Gasteiger charge is 2.19. The van der Waals surface area contributed by atoms with E-state index in [2.05, 4.69) is 15.3 Å². The Morgan fingerprint density at radius 3 is 2.62 bits per heavy atom. The molecule has 0 radical (unpaired) electrons. The number of nitrogens with one attached hydrogen (secondary N) is 2. The molecular weight excluding hydrogens is 292 g/mol. The first-order chi connectivity index (χ1) is 10.2. The molecule has 1 aromatic heterocycles. The number of aromatic hydroxyl groups is 1. The second-order valence-electron chi connectivity index (χ2n) is 4.81. The van der Waals surface area contributed by atoms with Gasteiger partial charge in [-0.05, 0) is 6.07 Å². The van der Waals surface area contributed by atoms with Gasteiger partial charge in [0.05, 0.1) is 0 Å². The maximum Gasteiger partial charge on any atom is 0.264 e. The fourth-order valence-corrected chi connectivity index (χ4v) is 2.61. The fourth-order valence-electron chi connectivity index (χ4n) is 2.38. The van der Waals surface area contributed by atoms with Gasteiger partial charge < -0.3 is 15.3 Å². The quantitative estimate of drug-likeness (QED) is 0.777. The Bertz CT molecular complexity index is 710. The van der Waals surface area contributed by atoms with Crippen LogP contribution in [0.1, 0.15) is 0 Å². The van der Waals surface area contributed by atoms with E-state index in [0.29, 0.717) is 16.5 Å². The van der Waals surface area contributed by atoms with Crippen LogP contribution >= 0.6 is 11.6 Å². The first-order valence-electron chi connectivity index (χ1n) is 6.70. The molecule has 6 nitrogen and oxygen atoms in total. The largest absolute Gasteiger partial charge is 0.493 e. The number of H-pyrrole nitrogens is 1. The zero-order chi connectivity index (χ0) is 14.8. The lowest BCUT2D eigenvalue weighted by Gasteiger charge is -2.27. The van der Waals surface area contributed by atoms with Crippen LogP contribution in [0.15, 0.2) is 29.1 Å². The monoisotopic (exact) mass is 306 g/mol. The average molecular weight is 307 g/mol. The minimum atomic E-state index is -0.399. The average Bonchev–Trinajstić information content (AvgIpc) is 2.49. The summed E-state index contributed by atoms with van der Waals surface area (Å²) in [5.74, 6) is 0.0789. The van der Waals surface area contributed by atoms with Crippen LogP contribution < -0.4 is 15.8 Å². The van der Waals surface area contributed by atoms with E-state index < -0.39 is 5.56 Å². The minimum Gasteiger partial charge on any atom is -0.493 e. The summed E-state index contributed by atoms with van der Waals surface area (Å²) in [5, 5.41) is 13.8. The number of hydrogen-bond acceptors (Lipinski definition) is 5. The molecule has 1 saturated heterocycles. The molecule has 2 heterocycles. The van der Waals surface area contributed by atoms with Crippen LogP contribution in [-0.2, 0) is 0 Å². The van der Waals surface area contributed by atoms with Gasteiger partial charge in [-0.15, -0.1) is 0 Å². The normalized spacial score (nSPS) is 15.2. The van der Waals surface area contributed by atoms with Crippen molar-refractivity contribution in [2.24, 2.45) is 0 Å². The van der Waals surface area contributed by atoms with E-state index in [0.717, 1.165) is 26.2 Å². The molecule has 1 aliphatic heterocycles. The molecule has 3 N–H and O–H groups in total. The number of piperazine rings is 1. The van der Waals surface area contributed by atoms with E-state index in [1.807, 2.05) is 4.90 Å². The van der Waals surface area contributed by atoms with Crippen molar-refractivity contribution >= 4 is 17.5 Å². The van der Waals surface area contributed by atoms with Gasteiger partial charge in [0.2, 0.25) is 11.8 Å². The van der Waals surface area contributed by atoms with Crippen LogP contribution in [0.2, 0.25) is 5.02 Å². The van der Waals surface area contributed by atoms with Gasteiger partial charge in [0.1, 0.15) is 5.56 Å². The first-order valence-corrected chi connectivity index (χ1v) is 7.08. The minimum absolute atomic E-state index is 0.0967. The third kappa shape index (κ3) is 2.72. The third-order valence-electron chi connectivity index (χ3n) is 3.45. The van der Waals surface area contributed by atoms with E-state index in [-0.39, 0.29) is 11.4 Å². The number of benzene rings is 1. The van der Waals surface area contributed by atoms with E-state index in [4.69, 9.17) is 11.6 Å². The summed E-state index contributed by atoms with van der Waals surface area (Å²) >= 11 is 6.08. The molecular formula is C14H15ClN4O2.